The number of nitrogens with zero attached hydrogens (tertiary/aromatic N) is 1. The van der Waals surface area contributed by atoms with Crippen molar-refractivity contribution in [2.75, 3.05) is 40.6 Å². The zero-order valence-electron chi connectivity index (χ0n) is 23.2. The Morgan fingerprint density at radius 1 is 0.778 bits per heavy atom. The molecule has 0 spiro atoms. The summed E-state index contributed by atoms with van der Waals surface area (Å²) in [5.74, 6) is -1.70. The molecule has 0 fully saturated rings. The summed E-state index contributed by atoms with van der Waals surface area (Å²) in [5, 5.41) is 18.9. The van der Waals surface area contributed by atoms with Crippen LogP contribution in [0.5, 0.6) is 0 Å². The minimum absolute atomic E-state index is 0.00427. The molecule has 0 heterocycles. The van der Waals surface area contributed by atoms with Crippen LogP contribution >= 0.6 is 0 Å². The van der Waals surface area contributed by atoms with Crippen molar-refractivity contribution in [2.24, 2.45) is 0 Å². The maximum absolute atomic E-state index is 12.3. The van der Waals surface area contributed by atoms with Crippen molar-refractivity contribution in [3.05, 3.63) is 0 Å². The molecule has 0 saturated heterocycles. The molecule has 36 heavy (non-hydrogen) atoms. The third-order valence-corrected chi connectivity index (χ3v) is 6.28. The molecule has 212 valence electrons. The van der Waals surface area contributed by atoms with Crippen LogP contribution in [0.2, 0.25) is 0 Å². The molecule has 0 aliphatic heterocycles. The van der Waals surface area contributed by atoms with Crippen LogP contribution in [0.1, 0.15) is 104 Å². The predicted molar refractivity (Wildman–Crippen MR) is 138 cm³/mol. The van der Waals surface area contributed by atoms with E-state index in [9.17, 15) is 24.6 Å². The van der Waals surface area contributed by atoms with Gasteiger partial charge in [-0.3, -0.25) is 14.1 Å². The first-order valence-corrected chi connectivity index (χ1v) is 13.8. The minimum atomic E-state index is -1.02. The van der Waals surface area contributed by atoms with E-state index >= 15 is 0 Å². The molecule has 0 bridgehead atoms. The molecule has 0 saturated carbocycles. The van der Waals surface area contributed by atoms with Gasteiger partial charge in [0.15, 0.2) is 18.9 Å². The number of carbonyl (C=O) groups excluding carboxylic acids is 2. The molecule has 0 aromatic rings. The predicted octanol–water partition coefficient (Wildman–Crippen LogP) is 4.44. The van der Waals surface area contributed by atoms with E-state index in [2.05, 4.69) is 13.8 Å². The number of carboxylic acids is 1. The van der Waals surface area contributed by atoms with Crippen molar-refractivity contribution >= 4 is 17.9 Å². The molecule has 0 aliphatic rings. The Hall–Kier alpha value is -1.71. The Kier molecular flexibility index (Phi) is 20.4. The molecule has 2 atom stereocenters. The smallest absolute Gasteiger partial charge is 0.362 e. The molecule has 0 rings (SSSR count). The Bertz CT molecular complexity index is 596. The van der Waals surface area contributed by atoms with Crippen molar-refractivity contribution in [3.8, 4) is 0 Å². The fourth-order valence-corrected chi connectivity index (χ4v) is 3.82. The van der Waals surface area contributed by atoms with Gasteiger partial charge in [-0.05, 0) is 12.8 Å². The number of unbranched alkanes of at least 4 members (excludes halogenated alkanes) is 9. The van der Waals surface area contributed by atoms with E-state index in [-0.39, 0.29) is 49.4 Å². The Balaban J connectivity index is 4.59. The summed E-state index contributed by atoms with van der Waals surface area (Å²) in [6.07, 6.45) is 11.7. The van der Waals surface area contributed by atoms with Crippen molar-refractivity contribution in [3.63, 3.8) is 0 Å². The standard InChI is InChI=1S/C27H51NO8/c1-5-7-9-11-12-13-15-16-25(30)35-21-23(36-26(31)17-14-10-8-6-2)20-34-19-18-24(27(32)33)28(3,4)22-29/h23-24,29H,5-22H2,1-4H3/p+1/t23-,24+/m0/s1. The maximum Gasteiger partial charge on any atom is 0.362 e. The van der Waals surface area contributed by atoms with Crippen LogP contribution in [0.4, 0.5) is 0 Å². The zero-order valence-corrected chi connectivity index (χ0v) is 23.2. The lowest BCUT2D eigenvalue weighted by Gasteiger charge is -2.33. The second-order valence-electron chi connectivity index (χ2n) is 10.1. The van der Waals surface area contributed by atoms with Gasteiger partial charge in [0.1, 0.15) is 6.61 Å². The summed E-state index contributed by atoms with van der Waals surface area (Å²) in [6.45, 7) is 3.99. The van der Waals surface area contributed by atoms with Crippen molar-refractivity contribution < 1.29 is 43.3 Å². The van der Waals surface area contributed by atoms with Gasteiger partial charge in [0.05, 0.1) is 27.3 Å². The third-order valence-electron chi connectivity index (χ3n) is 6.28. The Morgan fingerprint density at radius 3 is 1.86 bits per heavy atom. The molecule has 9 heteroatoms. The first-order chi connectivity index (χ1) is 17.2. The largest absolute Gasteiger partial charge is 0.477 e. The molecular weight excluding hydrogens is 466 g/mol. The number of ether oxygens (including phenoxy) is 3. The van der Waals surface area contributed by atoms with Crippen LogP contribution in [-0.4, -0.2) is 85.4 Å². The molecule has 0 radical (unpaired) electrons. The van der Waals surface area contributed by atoms with E-state index in [4.69, 9.17) is 14.2 Å². The average Bonchev–Trinajstić information content (AvgIpc) is 2.83. The highest BCUT2D eigenvalue weighted by Crippen LogP contribution is 2.12. The monoisotopic (exact) mass is 518 g/mol. The summed E-state index contributed by atoms with van der Waals surface area (Å²) in [4.78, 5) is 36.0. The van der Waals surface area contributed by atoms with Crippen LogP contribution in [0.15, 0.2) is 0 Å². The number of likely N-dealkylation sites (N-methyl/N-ethyl adjacent to an activating group) is 1. The third kappa shape index (κ3) is 17.7. The average molecular weight is 519 g/mol. The van der Waals surface area contributed by atoms with E-state index in [1.165, 1.54) is 25.7 Å². The normalized spacial score (nSPS) is 13.2. The number of carboxylic acid groups (broad SMARTS) is 1. The van der Waals surface area contributed by atoms with Gasteiger partial charge >= 0.3 is 17.9 Å². The highest BCUT2D eigenvalue weighted by Gasteiger charge is 2.34. The summed E-state index contributed by atoms with van der Waals surface area (Å²) in [6, 6.07) is -0.839. The second kappa shape index (κ2) is 21.4. The number of rotatable bonds is 24. The molecular formula is C27H52NO8+. The summed E-state index contributed by atoms with van der Waals surface area (Å²) in [5.41, 5.74) is 0. The fraction of sp³-hybridized carbons (Fsp3) is 0.889. The number of esters is 2. The van der Waals surface area contributed by atoms with Crippen LogP contribution in [0, 0.1) is 0 Å². The number of aliphatic carboxylic acids is 1. The number of aliphatic hydroxyl groups excluding tert-OH is 1. The van der Waals surface area contributed by atoms with Gasteiger partial charge in [-0.2, -0.15) is 0 Å². The van der Waals surface area contributed by atoms with Crippen molar-refractivity contribution in [1.82, 2.24) is 0 Å². The summed E-state index contributed by atoms with van der Waals surface area (Å²) < 4.78 is 16.4. The molecule has 0 amide bonds. The number of hydrogen-bond donors (Lipinski definition) is 2. The van der Waals surface area contributed by atoms with Crippen LogP contribution in [-0.2, 0) is 28.6 Å². The topological polar surface area (TPSA) is 119 Å². The first kappa shape index (κ1) is 34.3. The highest BCUT2D eigenvalue weighted by atomic mass is 16.6. The van der Waals surface area contributed by atoms with Gasteiger partial charge in [-0.1, -0.05) is 71.6 Å². The second-order valence-corrected chi connectivity index (χ2v) is 10.1. The lowest BCUT2D eigenvalue weighted by Crippen LogP contribution is -2.53. The zero-order chi connectivity index (χ0) is 27.2. The van der Waals surface area contributed by atoms with Crippen LogP contribution in [0.25, 0.3) is 0 Å². The molecule has 0 unspecified atom stereocenters. The van der Waals surface area contributed by atoms with Crippen molar-refractivity contribution in [2.45, 2.75) is 116 Å². The van der Waals surface area contributed by atoms with E-state index in [1.807, 2.05) is 0 Å². The first-order valence-electron chi connectivity index (χ1n) is 13.8. The molecule has 0 aromatic carbocycles. The van der Waals surface area contributed by atoms with E-state index < -0.39 is 18.1 Å². The van der Waals surface area contributed by atoms with Gasteiger partial charge in [-0.15, -0.1) is 0 Å². The molecule has 0 aliphatic carbocycles. The van der Waals surface area contributed by atoms with Gasteiger partial charge in [0.25, 0.3) is 0 Å². The molecule has 9 nitrogen and oxygen atoms in total. The minimum Gasteiger partial charge on any atom is -0.477 e. The van der Waals surface area contributed by atoms with Crippen LogP contribution < -0.4 is 0 Å². The number of quaternary nitrogens is 1. The van der Waals surface area contributed by atoms with E-state index in [0.29, 0.717) is 12.8 Å². The number of aliphatic hydroxyl groups is 1. The van der Waals surface area contributed by atoms with E-state index in [1.54, 1.807) is 14.1 Å². The summed E-state index contributed by atoms with van der Waals surface area (Å²) in [7, 11) is 3.26. The number of carbonyl (C=O) groups is 3. The fourth-order valence-electron chi connectivity index (χ4n) is 3.82. The molecule has 0 aromatic heterocycles. The summed E-state index contributed by atoms with van der Waals surface area (Å²) >= 11 is 0. The lowest BCUT2D eigenvalue weighted by atomic mass is 10.1. The SMILES string of the molecule is CCCCCCCCCC(=O)OC[C@H](COCC[C@H](C(=O)O)[N+](C)(C)CO)OC(=O)CCCCCC. The van der Waals surface area contributed by atoms with Gasteiger partial charge in [-0.25, -0.2) is 4.79 Å². The quantitative estimate of drug-likeness (QED) is 0.0833. The van der Waals surface area contributed by atoms with Crippen molar-refractivity contribution in [1.29, 1.82) is 0 Å². The van der Waals surface area contributed by atoms with Gasteiger partial charge < -0.3 is 24.4 Å². The molecule has 2 N–H and O–H groups in total. The number of hydrogen-bond acceptors (Lipinski definition) is 7. The maximum atomic E-state index is 12.3. The van der Waals surface area contributed by atoms with Gasteiger partial charge in [0.2, 0.25) is 0 Å². The highest BCUT2D eigenvalue weighted by molar-refractivity contribution is 5.72. The Labute approximate surface area is 218 Å². The van der Waals surface area contributed by atoms with Gasteiger partial charge in [0, 0.05) is 19.3 Å². The van der Waals surface area contributed by atoms with Crippen LogP contribution in [0.3, 0.4) is 0 Å². The lowest BCUT2D eigenvalue weighted by molar-refractivity contribution is -0.924. The van der Waals surface area contributed by atoms with E-state index in [0.717, 1.165) is 44.9 Å². The Morgan fingerprint density at radius 2 is 1.31 bits per heavy atom.